The quantitative estimate of drug-likeness (QED) is 0.370. The van der Waals surface area contributed by atoms with Crippen LogP contribution in [0.2, 0.25) is 0 Å². The van der Waals surface area contributed by atoms with Gasteiger partial charge in [0.2, 0.25) is 0 Å². The van der Waals surface area contributed by atoms with Gasteiger partial charge in [-0.05, 0) is 51.0 Å². The Hall–Kier alpha value is -4.52. The van der Waals surface area contributed by atoms with Gasteiger partial charge in [-0.3, -0.25) is 9.59 Å². The number of anilines is 2. The van der Waals surface area contributed by atoms with Crippen LogP contribution in [0, 0.1) is 36.5 Å². The number of nitrogens with one attached hydrogen (secondary N) is 2. The van der Waals surface area contributed by atoms with Crippen molar-refractivity contribution in [3.8, 4) is 12.1 Å². The zero-order valence-electron chi connectivity index (χ0n) is 20.9. The van der Waals surface area contributed by atoms with Gasteiger partial charge in [-0.2, -0.15) is 10.5 Å². The van der Waals surface area contributed by atoms with Crippen molar-refractivity contribution in [2.75, 3.05) is 23.8 Å². The summed E-state index contributed by atoms with van der Waals surface area (Å²) >= 11 is 1.81. The van der Waals surface area contributed by atoms with E-state index in [0.717, 1.165) is 22.7 Å². The maximum absolute atomic E-state index is 13.2. The molecule has 0 fully saturated rings. The number of hydrogen-bond donors (Lipinski definition) is 2. The molecule has 0 aliphatic rings. The van der Waals surface area contributed by atoms with Crippen LogP contribution in [0.5, 0.6) is 0 Å². The molecule has 194 valence electrons. The zero-order valence-corrected chi connectivity index (χ0v) is 22.5. The minimum Gasteiger partial charge on any atom is -0.462 e. The number of thiophene rings is 2. The lowest BCUT2D eigenvalue weighted by Crippen LogP contribution is -2.20. The van der Waals surface area contributed by atoms with E-state index >= 15 is 0 Å². The predicted molar refractivity (Wildman–Crippen MR) is 142 cm³/mol. The van der Waals surface area contributed by atoms with Crippen LogP contribution in [-0.4, -0.2) is 37.0 Å². The van der Waals surface area contributed by atoms with Crippen molar-refractivity contribution < 1.29 is 28.7 Å². The van der Waals surface area contributed by atoms with Crippen molar-refractivity contribution in [3.63, 3.8) is 0 Å². The number of nitrogens with zero attached hydrogens (tertiary/aromatic N) is 2. The molecule has 2 heterocycles. The third kappa shape index (κ3) is 5.57. The standard InChI is InChI=1S/C26H22N4O6S2/c1-5-35-25(33)19-13(3)17(11-27)23(37-19)29-21(31)15-9-7-8-10-16(15)22(32)30-24-18(12-28)14(4)20(38-24)26(34)36-6-2/h7-10H,5-6H2,1-4H3,(H,29,31)(H,30,32). The number of rotatable bonds is 8. The van der Waals surface area contributed by atoms with E-state index in [1.54, 1.807) is 39.8 Å². The molecule has 3 rings (SSSR count). The minimum atomic E-state index is -0.681. The van der Waals surface area contributed by atoms with Gasteiger partial charge >= 0.3 is 11.9 Å². The number of benzene rings is 1. The molecule has 10 nitrogen and oxygen atoms in total. The molecule has 12 heteroatoms. The Morgan fingerprint density at radius 2 is 1.13 bits per heavy atom. The highest BCUT2D eigenvalue weighted by Crippen LogP contribution is 2.35. The number of carbonyl (C=O) groups excluding carboxylic acids is 4. The largest absolute Gasteiger partial charge is 0.462 e. The molecule has 0 unspecified atom stereocenters. The fourth-order valence-corrected chi connectivity index (χ4v) is 5.57. The van der Waals surface area contributed by atoms with E-state index < -0.39 is 23.8 Å². The average molecular weight is 551 g/mol. The molecule has 0 aliphatic heterocycles. The predicted octanol–water partition coefficient (Wildman–Crippen LogP) is 5.03. The van der Waals surface area contributed by atoms with Crippen molar-refractivity contribution in [2.24, 2.45) is 0 Å². The van der Waals surface area contributed by atoms with Gasteiger partial charge in [-0.15, -0.1) is 22.7 Å². The van der Waals surface area contributed by atoms with Crippen LogP contribution in [0.15, 0.2) is 24.3 Å². The molecule has 2 N–H and O–H groups in total. The Morgan fingerprint density at radius 1 is 0.763 bits per heavy atom. The highest BCUT2D eigenvalue weighted by Gasteiger charge is 2.26. The molecule has 0 atom stereocenters. The van der Waals surface area contributed by atoms with Gasteiger partial charge in [-0.25, -0.2) is 9.59 Å². The van der Waals surface area contributed by atoms with Gasteiger partial charge in [0.1, 0.15) is 31.9 Å². The van der Waals surface area contributed by atoms with Gasteiger partial charge in [0.25, 0.3) is 11.8 Å². The second kappa shape index (κ2) is 12.1. The topological polar surface area (TPSA) is 158 Å². The second-order valence-electron chi connectivity index (χ2n) is 7.64. The number of carbonyl (C=O) groups is 4. The van der Waals surface area contributed by atoms with Gasteiger partial charge in [-0.1, -0.05) is 12.1 Å². The van der Waals surface area contributed by atoms with Gasteiger partial charge in [0.05, 0.1) is 35.5 Å². The van der Waals surface area contributed by atoms with Crippen molar-refractivity contribution in [2.45, 2.75) is 27.7 Å². The molecular weight excluding hydrogens is 528 g/mol. The summed E-state index contributed by atoms with van der Waals surface area (Å²) in [6.45, 7) is 6.79. The van der Waals surface area contributed by atoms with Gasteiger partial charge < -0.3 is 20.1 Å². The Labute approximate surface area is 226 Å². The maximum Gasteiger partial charge on any atom is 0.348 e. The summed E-state index contributed by atoms with van der Waals surface area (Å²) in [5.74, 6) is -2.57. The SMILES string of the molecule is CCOC(=O)c1sc(NC(=O)c2ccccc2C(=O)Nc2sc(C(=O)OCC)c(C)c2C#N)c(C#N)c1C. The van der Waals surface area contributed by atoms with Crippen LogP contribution in [0.1, 0.15) is 76.2 Å². The fraction of sp³-hybridized carbons (Fsp3) is 0.231. The van der Waals surface area contributed by atoms with Crippen LogP contribution in [-0.2, 0) is 9.47 Å². The summed E-state index contributed by atoms with van der Waals surface area (Å²) in [5.41, 5.74) is 0.990. The first-order valence-corrected chi connectivity index (χ1v) is 12.9. The molecule has 0 saturated carbocycles. The Kier molecular flexibility index (Phi) is 8.97. The summed E-state index contributed by atoms with van der Waals surface area (Å²) in [6.07, 6.45) is 0. The molecule has 1 aromatic carbocycles. The zero-order chi connectivity index (χ0) is 28.0. The Morgan fingerprint density at radius 3 is 1.45 bits per heavy atom. The van der Waals surface area contributed by atoms with Gasteiger partial charge in [0.15, 0.2) is 0 Å². The molecule has 38 heavy (non-hydrogen) atoms. The molecule has 2 amide bonds. The van der Waals surface area contributed by atoms with E-state index in [-0.39, 0.29) is 55.2 Å². The average Bonchev–Trinajstić information content (AvgIpc) is 3.39. The summed E-state index contributed by atoms with van der Waals surface area (Å²) in [6, 6.07) is 9.96. The van der Waals surface area contributed by atoms with Crippen molar-refractivity contribution in [1.29, 1.82) is 10.5 Å². The van der Waals surface area contributed by atoms with Crippen LogP contribution < -0.4 is 10.6 Å². The third-order valence-corrected chi connectivity index (χ3v) is 7.68. The molecule has 0 bridgehead atoms. The lowest BCUT2D eigenvalue weighted by molar-refractivity contribution is 0.0521. The van der Waals surface area contributed by atoms with E-state index in [9.17, 15) is 29.7 Å². The first-order chi connectivity index (χ1) is 18.2. The number of amides is 2. The maximum atomic E-state index is 13.2. The number of ether oxygens (including phenoxy) is 2. The molecule has 3 aromatic rings. The van der Waals surface area contributed by atoms with Gasteiger partial charge in [0, 0.05) is 0 Å². The lowest BCUT2D eigenvalue weighted by Gasteiger charge is -2.10. The number of hydrogen-bond acceptors (Lipinski definition) is 10. The highest BCUT2D eigenvalue weighted by atomic mass is 32.1. The van der Waals surface area contributed by atoms with Crippen LogP contribution >= 0.6 is 22.7 Å². The van der Waals surface area contributed by atoms with E-state index in [1.165, 1.54) is 12.1 Å². The third-order valence-electron chi connectivity index (χ3n) is 5.31. The first-order valence-electron chi connectivity index (χ1n) is 11.3. The van der Waals surface area contributed by atoms with Crippen molar-refractivity contribution in [1.82, 2.24) is 0 Å². The normalized spacial score (nSPS) is 10.2. The number of nitriles is 2. The fourth-order valence-electron chi connectivity index (χ4n) is 3.48. The first kappa shape index (κ1) is 28.1. The van der Waals surface area contributed by atoms with E-state index in [0.29, 0.717) is 11.1 Å². The molecule has 0 aliphatic carbocycles. The van der Waals surface area contributed by atoms with Crippen molar-refractivity contribution in [3.05, 3.63) is 67.4 Å². The van der Waals surface area contributed by atoms with Crippen LogP contribution in [0.25, 0.3) is 0 Å². The summed E-state index contributed by atoms with van der Waals surface area (Å²) in [5, 5.41) is 24.7. The molecule has 2 aromatic heterocycles. The van der Waals surface area contributed by atoms with E-state index in [2.05, 4.69) is 10.6 Å². The minimum absolute atomic E-state index is 0.00460. The van der Waals surface area contributed by atoms with E-state index in [1.807, 2.05) is 12.1 Å². The smallest absolute Gasteiger partial charge is 0.348 e. The summed E-state index contributed by atoms with van der Waals surface area (Å²) in [7, 11) is 0. The molecular formula is C26H22N4O6S2. The lowest BCUT2D eigenvalue weighted by atomic mass is 10.1. The Bertz CT molecular complexity index is 1410. The second-order valence-corrected chi connectivity index (χ2v) is 9.68. The van der Waals surface area contributed by atoms with Crippen LogP contribution in [0.3, 0.4) is 0 Å². The highest BCUT2D eigenvalue weighted by molar-refractivity contribution is 7.19. The summed E-state index contributed by atoms with van der Waals surface area (Å²) in [4.78, 5) is 51.3. The number of esters is 2. The van der Waals surface area contributed by atoms with Crippen LogP contribution in [0.4, 0.5) is 10.0 Å². The van der Waals surface area contributed by atoms with E-state index in [4.69, 9.17) is 9.47 Å². The monoisotopic (exact) mass is 550 g/mol. The van der Waals surface area contributed by atoms with Crippen molar-refractivity contribution >= 4 is 56.4 Å². The molecule has 0 radical (unpaired) electrons. The molecule has 0 spiro atoms. The molecule has 0 saturated heterocycles. The Balaban J connectivity index is 1.92. The summed E-state index contributed by atoms with van der Waals surface area (Å²) < 4.78 is 10.0.